The van der Waals surface area contributed by atoms with Gasteiger partial charge >= 0.3 is 6.36 Å². The van der Waals surface area contributed by atoms with E-state index in [1.807, 2.05) is 0 Å². The Kier molecular flexibility index (Phi) is 6.57. The van der Waals surface area contributed by atoms with E-state index in [0.29, 0.717) is 22.4 Å². The molecule has 0 saturated carbocycles. The van der Waals surface area contributed by atoms with Gasteiger partial charge in [-0.25, -0.2) is 9.97 Å². The van der Waals surface area contributed by atoms with Crippen molar-refractivity contribution in [1.29, 1.82) is 0 Å². The second-order valence-corrected chi connectivity index (χ2v) is 6.52. The molecule has 11 heteroatoms. The van der Waals surface area contributed by atoms with Crippen LogP contribution in [0, 0.1) is 0 Å². The molecule has 0 radical (unpaired) electrons. The van der Waals surface area contributed by atoms with Crippen molar-refractivity contribution in [2.24, 2.45) is 0 Å². The van der Waals surface area contributed by atoms with Crippen molar-refractivity contribution in [3.05, 3.63) is 71.5 Å². The Bertz CT molecular complexity index is 1130. The van der Waals surface area contributed by atoms with Gasteiger partial charge in [0, 0.05) is 24.7 Å². The van der Waals surface area contributed by atoms with Crippen molar-refractivity contribution in [1.82, 2.24) is 20.6 Å². The molecule has 0 atom stereocenters. The van der Waals surface area contributed by atoms with E-state index >= 15 is 0 Å². The first-order valence-electron chi connectivity index (χ1n) is 9.24. The first kappa shape index (κ1) is 22.5. The number of halogens is 3. The molecule has 1 heterocycles. The Labute approximate surface area is 180 Å². The van der Waals surface area contributed by atoms with Gasteiger partial charge in [-0.15, -0.1) is 13.2 Å². The molecule has 4 N–H and O–H groups in total. The lowest BCUT2D eigenvalue weighted by Gasteiger charge is -2.10. The van der Waals surface area contributed by atoms with Gasteiger partial charge in [0.25, 0.3) is 11.8 Å². The van der Waals surface area contributed by atoms with Crippen LogP contribution in [0.5, 0.6) is 5.75 Å². The van der Waals surface area contributed by atoms with Gasteiger partial charge in [0.05, 0.1) is 11.9 Å². The molecule has 0 fully saturated rings. The van der Waals surface area contributed by atoms with E-state index in [1.54, 1.807) is 24.3 Å². The van der Waals surface area contributed by atoms with E-state index < -0.39 is 18.2 Å². The van der Waals surface area contributed by atoms with Crippen LogP contribution in [0.4, 0.5) is 19.0 Å². The van der Waals surface area contributed by atoms with Gasteiger partial charge in [-0.1, -0.05) is 24.3 Å². The van der Waals surface area contributed by atoms with E-state index in [1.165, 1.54) is 37.5 Å². The third-order valence-corrected chi connectivity index (χ3v) is 4.27. The molecule has 8 nitrogen and oxygen atoms in total. The molecule has 0 aliphatic rings. The van der Waals surface area contributed by atoms with Crippen LogP contribution in [-0.4, -0.2) is 35.2 Å². The fourth-order valence-corrected chi connectivity index (χ4v) is 2.74. The molecule has 0 unspecified atom stereocenters. The summed E-state index contributed by atoms with van der Waals surface area (Å²) in [5.74, 6) is -1.26. The molecule has 2 aromatic carbocycles. The van der Waals surface area contributed by atoms with Crippen LogP contribution in [-0.2, 0) is 6.54 Å². The average Bonchev–Trinajstić information content (AvgIpc) is 2.77. The second-order valence-electron chi connectivity index (χ2n) is 6.52. The minimum absolute atomic E-state index is 0.0198. The molecule has 0 saturated heterocycles. The molecule has 0 spiro atoms. The van der Waals surface area contributed by atoms with E-state index in [0.717, 1.165) is 0 Å². The SMILES string of the molecule is CNC(=O)c1nc(-c2cccc(C(=O)NCc3ccc(OC(F)(F)F)cc3)c2)cnc1N. The van der Waals surface area contributed by atoms with Crippen LogP contribution in [0.25, 0.3) is 11.3 Å². The van der Waals surface area contributed by atoms with Gasteiger partial charge in [0.15, 0.2) is 11.5 Å². The predicted molar refractivity (Wildman–Crippen MR) is 110 cm³/mol. The number of anilines is 1. The fraction of sp³-hybridized carbons (Fsp3) is 0.143. The van der Waals surface area contributed by atoms with Crippen LogP contribution in [0.15, 0.2) is 54.7 Å². The lowest BCUT2D eigenvalue weighted by Crippen LogP contribution is -2.23. The zero-order valence-corrected chi connectivity index (χ0v) is 16.7. The second kappa shape index (κ2) is 9.33. The van der Waals surface area contributed by atoms with Crippen LogP contribution in [0.2, 0.25) is 0 Å². The highest BCUT2D eigenvalue weighted by molar-refractivity contribution is 5.97. The van der Waals surface area contributed by atoms with E-state index in [2.05, 4.69) is 25.3 Å². The van der Waals surface area contributed by atoms with Crippen molar-refractivity contribution >= 4 is 17.6 Å². The lowest BCUT2D eigenvalue weighted by atomic mass is 10.1. The molecule has 3 rings (SSSR count). The Morgan fingerprint density at radius 2 is 1.81 bits per heavy atom. The molecule has 0 aliphatic heterocycles. The first-order valence-corrected chi connectivity index (χ1v) is 9.24. The van der Waals surface area contributed by atoms with Crippen molar-refractivity contribution in [3.8, 4) is 17.0 Å². The van der Waals surface area contributed by atoms with Gasteiger partial charge in [0.1, 0.15) is 5.75 Å². The number of nitrogens with one attached hydrogen (secondary N) is 2. The van der Waals surface area contributed by atoms with Gasteiger partial charge in [-0.3, -0.25) is 9.59 Å². The summed E-state index contributed by atoms with van der Waals surface area (Å²) in [6, 6.07) is 11.7. The number of nitrogens with zero attached hydrogens (tertiary/aromatic N) is 2. The fourth-order valence-electron chi connectivity index (χ4n) is 2.74. The molecule has 0 aliphatic carbocycles. The number of carbonyl (C=O) groups excluding carboxylic acids is 2. The van der Waals surface area contributed by atoms with E-state index in [4.69, 9.17) is 5.73 Å². The Hall–Kier alpha value is -4.15. The minimum Gasteiger partial charge on any atom is -0.406 e. The van der Waals surface area contributed by atoms with Crippen molar-refractivity contribution in [2.45, 2.75) is 12.9 Å². The summed E-state index contributed by atoms with van der Waals surface area (Å²) in [7, 11) is 1.44. The third kappa shape index (κ3) is 5.72. The molecule has 166 valence electrons. The normalized spacial score (nSPS) is 11.0. The maximum atomic E-state index is 12.5. The van der Waals surface area contributed by atoms with Crippen molar-refractivity contribution in [3.63, 3.8) is 0 Å². The Morgan fingerprint density at radius 1 is 1.09 bits per heavy atom. The quantitative estimate of drug-likeness (QED) is 0.537. The lowest BCUT2D eigenvalue weighted by molar-refractivity contribution is -0.274. The monoisotopic (exact) mass is 445 g/mol. The van der Waals surface area contributed by atoms with Crippen molar-refractivity contribution < 1.29 is 27.5 Å². The number of alkyl halides is 3. The molecule has 1 aromatic heterocycles. The van der Waals surface area contributed by atoms with Crippen LogP contribution in [0.3, 0.4) is 0 Å². The summed E-state index contributed by atoms with van der Waals surface area (Å²) >= 11 is 0. The summed E-state index contributed by atoms with van der Waals surface area (Å²) in [6.45, 7) is 0.0951. The number of nitrogens with two attached hydrogens (primary N) is 1. The Morgan fingerprint density at radius 3 is 2.47 bits per heavy atom. The average molecular weight is 445 g/mol. The van der Waals surface area contributed by atoms with Gasteiger partial charge < -0.3 is 21.1 Å². The summed E-state index contributed by atoms with van der Waals surface area (Å²) in [5, 5.41) is 5.12. The summed E-state index contributed by atoms with van der Waals surface area (Å²) in [6.07, 6.45) is -3.37. The maximum absolute atomic E-state index is 12.5. The molecule has 2 amide bonds. The number of hydrogen-bond donors (Lipinski definition) is 3. The van der Waals surface area contributed by atoms with E-state index in [9.17, 15) is 22.8 Å². The minimum atomic E-state index is -4.77. The van der Waals surface area contributed by atoms with Crippen LogP contribution >= 0.6 is 0 Å². The van der Waals surface area contributed by atoms with Gasteiger partial charge in [-0.2, -0.15) is 0 Å². The van der Waals surface area contributed by atoms with Crippen LogP contribution in [0.1, 0.15) is 26.4 Å². The van der Waals surface area contributed by atoms with Crippen molar-refractivity contribution in [2.75, 3.05) is 12.8 Å². The van der Waals surface area contributed by atoms with Gasteiger partial charge in [0.2, 0.25) is 0 Å². The molecule has 0 bridgehead atoms. The first-order chi connectivity index (χ1) is 15.2. The number of nitrogen functional groups attached to an aromatic ring is 1. The summed E-state index contributed by atoms with van der Waals surface area (Å²) < 4.78 is 40.5. The number of ether oxygens (including phenoxy) is 1. The molecule has 32 heavy (non-hydrogen) atoms. The summed E-state index contributed by atoms with van der Waals surface area (Å²) in [5.41, 5.74) is 7.47. The number of benzene rings is 2. The molecular formula is C21H18F3N5O3. The number of aromatic nitrogens is 2. The summed E-state index contributed by atoms with van der Waals surface area (Å²) in [4.78, 5) is 32.6. The largest absolute Gasteiger partial charge is 0.573 e. The predicted octanol–water partition coefficient (Wildman–Crippen LogP) is 2.91. The zero-order chi connectivity index (χ0) is 23.3. The van der Waals surface area contributed by atoms with Crippen LogP contribution < -0.4 is 21.1 Å². The smallest absolute Gasteiger partial charge is 0.406 e. The maximum Gasteiger partial charge on any atom is 0.573 e. The third-order valence-electron chi connectivity index (χ3n) is 4.27. The van der Waals surface area contributed by atoms with E-state index in [-0.39, 0.29) is 23.8 Å². The zero-order valence-electron chi connectivity index (χ0n) is 16.7. The highest BCUT2D eigenvalue weighted by Crippen LogP contribution is 2.23. The number of rotatable bonds is 6. The highest BCUT2D eigenvalue weighted by atomic mass is 19.4. The number of amides is 2. The number of hydrogen-bond acceptors (Lipinski definition) is 6. The molecular weight excluding hydrogens is 427 g/mol. The van der Waals surface area contributed by atoms with Gasteiger partial charge in [-0.05, 0) is 29.8 Å². The topological polar surface area (TPSA) is 119 Å². The number of carbonyl (C=O) groups is 2. The Balaban J connectivity index is 1.70. The highest BCUT2D eigenvalue weighted by Gasteiger charge is 2.30. The molecule has 3 aromatic rings. The standard InChI is InChI=1S/C21H18F3N5O3/c1-26-20(31)17-18(25)27-11-16(29-17)13-3-2-4-14(9-13)19(30)28-10-12-5-7-15(8-6-12)32-21(22,23)24/h2-9,11H,10H2,1H3,(H2,25,27)(H,26,31)(H,28,30).